The maximum Gasteiger partial charge on any atom is 0.257 e. The van der Waals surface area contributed by atoms with Gasteiger partial charge in [0.15, 0.2) is 5.82 Å². The minimum atomic E-state index is -2.52. The van der Waals surface area contributed by atoms with Gasteiger partial charge in [0.25, 0.3) is 5.91 Å². The third-order valence-corrected chi connectivity index (χ3v) is 6.88. The second kappa shape index (κ2) is 9.24. The quantitative estimate of drug-likeness (QED) is 0.526. The first kappa shape index (κ1) is 23.4. The van der Waals surface area contributed by atoms with E-state index in [-0.39, 0.29) is 23.0 Å². The summed E-state index contributed by atoms with van der Waals surface area (Å²) in [5.74, 6) is 0.383. The number of halogens is 1. The summed E-state index contributed by atoms with van der Waals surface area (Å²) in [6.45, 7) is 4.14. The molecule has 1 fully saturated rings. The van der Waals surface area contributed by atoms with Crippen molar-refractivity contribution >= 4 is 32.4 Å². The SMILES string of the molecule is CCc1nocc1C(=O)N[C@H](c1nc2c(F)c(N=S(C)(C)=O)ccc2[nH]1)[C@H]1CC[C@H](C)CC1. The van der Waals surface area contributed by atoms with Gasteiger partial charge in [0, 0.05) is 22.2 Å². The van der Waals surface area contributed by atoms with Crippen molar-refractivity contribution in [3.63, 3.8) is 0 Å². The van der Waals surface area contributed by atoms with Crippen LogP contribution in [0.3, 0.4) is 0 Å². The van der Waals surface area contributed by atoms with Crippen LogP contribution >= 0.6 is 0 Å². The van der Waals surface area contributed by atoms with Gasteiger partial charge in [-0.05, 0) is 43.2 Å². The van der Waals surface area contributed by atoms with Gasteiger partial charge in [0.1, 0.15) is 28.9 Å². The summed E-state index contributed by atoms with van der Waals surface area (Å²) in [6.07, 6.45) is 8.83. The van der Waals surface area contributed by atoms with Crippen molar-refractivity contribution in [1.29, 1.82) is 0 Å². The first-order valence-electron chi connectivity index (χ1n) is 11.3. The Morgan fingerprint density at radius 2 is 2.06 bits per heavy atom. The number of aryl methyl sites for hydroxylation is 1. The van der Waals surface area contributed by atoms with Crippen LogP contribution in [0.2, 0.25) is 0 Å². The summed E-state index contributed by atoms with van der Waals surface area (Å²) >= 11 is 0. The van der Waals surface area contributed by atoms with E-state index in [2.05, 4.69) is 31.7 Å². The molecule has 4 rings (SSSR count). The molecule has 2 N–H and O–H groups in total. The van der Waals surface area contributed by atoms with Gasteiger partial charge < -0.3 is 14.8 Å². The molecule has 1 aliphatic carbocycles. The van der Waals surface area contributed by atoms with E-state index in [0.29, 0.717) is 34.9 Å². The Bertz CT molecular complexity index is 1270. The van der Waals surface area contributed by atoms with Gasteiger partial charge >= 0.3 is 0 Å². The molecule has 1 amide bonds. The Morgan fingerprint density at radius 3 is 2.73 bits per heavy atom. The van der Waals surface area contributed by atoms with Crippen molar-refractivity contribution in [3.8, 4) is 0 Å². The number of aromatic nitrogens is 3. The lowest BCUT2D eigenvalue weighted by Gasteiger charge is -2.32. The van der Waals surface area contributed by atoms with Gasteiger partial charge in [-0.25, -0.2) is 13.6 Å². The lowest BCUT2D eigenvalue weighted by Crippen LogP contribution is -2.36. The molecule has 0 aliphatic heterocycles. The van der Waals surface area contributed by atoms with Gasteiger partial charge in [-0.15, -0.1) is 0 Å². The van der Waals surface area contributed by atoms with E-state index in [1.807, 2.05) is 6.92 Å². The summed E-state index contributed by atoms with van der Waals surface area (Å²) in [4.78, 5) is 20.8. The number of hydrogen-bond donors (Lipinski definition) is 2. The predicted octanol–water partition coefficient (Wildman–Crippen LogP) is 4.91. The maximum atomic E-state index is 15.1. The van der Waals surface area contributed by atoms with Crippen LogP contribution in [-0.4, -0.2) is 37.8 Å². The molecule has 0 saturated heterocycles. The molecule has 3 aromatic rings. The third-order valence-electron chi connectivity index (χ3n) is 6.25. The standard InChI is InChI=1S/C23H30FN5O3S/c1-5-16-15(12-32-28-16)23(30)27-20(14-8-6-13(2)7-9-14)22-25-18-11-10-17(29-33(3,4)31)19(24)21(18)26-22/h10-14,20H,5-9H2,1-4H3,(H,25,26)(H,27,30)/t13-,14-,20-/m0/s1. The lowest BCUT2D eigenvalue weighted by atomic mass is 9.79. The van der Waals surface area contributed by atoms with Crippen molar-refractivity contribution in [2.24, 2.45) is 16.2 Å². The number of imidazole rings is 1. The average Bonchev–Trinajstić information content (AvgIpc) is 3.41. The molecule has 1 atom stereocenters. The summed E-state index contributed by atoms with van der Waals surface area (Å²) in [5, 5.41) is 7.00. The molecule has 33 heavy (non-hydrogen) atoms. The molecule has 0 radical (unpaired) electrons. The molecule has 1 aromatic carbocycles. The van der Waals surface area contributed by atoms with Crippen LogP contribution in [0.4, 0.5) is 10.1 Å². The Labute approximate surface area is 192 Å². The molecule has 2 heterocycles. The van der Waals surface area contributed by atoms with Gasteiger partial charge in [0.2, 0.25) is 0 Å². The van der Waals surface area contributed by atoms with Crippen molar-refractivity contribution in [2.45, 2.75) is 52.0 Å². The number of H-pyrrole nitrogens is 1. The number of nitrogens with zero attached hydrogens (tertiary/aromatic N) is 3. The van der Waals surface area contributed by atoms with Crippen LogP contribution in [0.15, 0.2) is 27.3 Å². The predicted molar refractivity (Wildman–Crippen MR) is 125 cm³/mol. The number of carbonyl (C=O) groups excluding carboxylic acids is 1. The molecular formula is C23H30FN5O3S. The summed E-state index contributed by atoms with van der Waals surface area (Å²) in [6, 6.07) is 2.75. The van der Waals surface area contributed by atoms with E-state index in [9.17, 15) is 9.00 Å². The smallest absolute Gasteiger partial charge is 0.257 e. The Morgan fingerprint density at radius 1 is 1.33 bits per heavy atom. The summed E-state index contributed by atoms with van der Waals surface area (Å²) in [5.41, 5.74) is 1.63. The zero-order valence-electron chi connectivity index (χ0n) is 19.4. The first-order valence-corrected chi connectivity index (χ1v) is 13.6. The van der Waals surface area contributed by atoms with Gasteiger partial charge in [0.05, 0.1) is 17.3 Å². The number of carbonyl (C=O) groups is 1. The van der Waals surface area contributed by atoms with E-state index < -0.39 is 21.6 Å². The van der Waals surface area contributed by atoms with E-state index in [0.717, 1.165) is 25.7 Å². The van der Waals surface area contributed by atoms with Crippen LogP contribution in [0.5, 0.6) is 0 Å². The molecule has 10 heteroatoms. The highest BCUT2D eigenvalue weighted by Crippen LogP contribution is 2.37. The maximum absolute atomic E-state index is 15.1. The fourth-order valence-corrected chi connectivity index (χ4v) is 5.07. The van der Waals surface area contributed by atoms with Crippen LogP contribution < -0.4 is 5.32 Å². The third kappa shape index (κ3) is 5.10. The topological polar surface area (TPSA) is 113 Å². The molecule has 0 unspecified atom stereocenters. The highest BCUT2D eigenvalue weighted by Gasteiger charge is 2.32. The molecule has 8 nitrogen and oxygen atoms in total. The van der Waals surface area contributed by atoms with Crippen LogP contribution in [0.25, 0.3) is 11.0 Å². The molecular weight excluding hydrogens is 445 g/mol. The molecule has 0 spiro atoms. The van der Waals surface area contributed by atoms with Crippen molar-refractivity contribution in [3.05, 3.63) is 41.3 Å². The van der Waals surface area contributed by atoms with Gasteiger partial charge in [-0.2, -0.15) is 4.36 Å². The fraction of sp³-hybridized carbons (Fsp3) is 0.522. The molecule has 1 saturated carbocycles. The largest absolute Gasteiger partial charge is 0.364 e. The summed E-state index contributed by atoms with van der Waals surface area (Å²) in [7, 11) is -2.52. The second-order valence-corrected chi connectivity index (χ2v) is 11.7. The number of nitrogens with one attached hydrogen (secondary N) is 2. The molecule has 0 bridgehead atoms. The summed E-state index contributed by atoms with van der Waals surface area (Å²) < 4.78 is 36.2. The van der Waals surface area contributed by atoms with Crippen LogP contribution in [-0.2, 0) is 16.1 Å². The number of fused-ring (bicyclic) bond motifs is 1. The van der Waals surface area contributed by atoms with Gasteiger partial charge in [-0.1, -0.05) is 31.8 Å². The lowest BCUT2D eigenvalue weighted by molar-refractivity contribution is 0.0903. The Hall–Kier alpha value is -2.75. The van der Waals surface area contributed by atoms with Crippen molar-refractivity contribution in [1.82, 2.24) is 20.4 Å². The Balaban J connectivity index is 1.72. The highest BCUT2D eigenvalue weighted by atomic mass is 32.2. The zero-order chi connectivity index (χ0) is 23.8. The zero-order valence-corrected chi connectivity index (χ0v) is 20.2. The van der Waals surface area contributed by atoms with Crippen molar-refractivity contribution < 1.29 is 17.9 Å². The van der Waals surface area contributed by atoms with E-state index in [1.165, 1.54) is 24.8 Å². The number of rotatable bonds is 6. The number of amides is 1. The minimum Gasteiger partial charge on any atom is -0.364 e. The monoisotopic (exact) mass is 475 g/mol. The highest BCUT2D eigenvalue weighted by molar-refractivity contribution is 7.92. The van der Waals surface area contributed by atoms with Crippen molar-refractivity contribution in [2.75, 3.05) is 12.5 Å². The molecule has 1 aliphatic rings. The van der Waals surface area contributed by atoms with E-state index in [4.69, 9.17) is 4.52 Å². The fourth-order valence-electron chi connectivity index (χ4n) is 4.45. The number of hydrogen-bond acceptors (Lipinski definition) is 6. The van der Waals surface area contributed by atoms with E-state index >= 15 is 4.39 Å². The van der Waals surface area contributed by atoms with Gasteiger partial charge in [-0.3, -0.25) is 4.79 Å². The number of aromatic amines is 1. The first-order chi connectivity index (χ1) is 15.7. The minimum absolute atomic E-state index is 0.0136. The van der Waals surface area contributed by atoms with Crippen LogP contribution in [0, 0.1) is 17.7 Å². The normalized spacial score (nSPS) is 20.0. The molecule has 2 aromatic heterocycles. The van der Waals surface area contributed by atoms with E-state index in [1.54, 1.807) is 6.07 Å². The average molecular weight is 476 g/mol. The van der Waals surface area contributed by atoms with Crippen LogP contribution in [0.1, 0.15) is 67.4 Å². The number of benzene rings is 1. The molecule has 178 valence electrons. The Kier molecular flexibility index (Phi) is 6.56. The second-order valence-electron chi connectivity index (χ2n) is 9.19.